The van der Waals surface area contributed by atoms with Crippen molar-refractivity contribution in [1.29, 1.82) is 0 Å². The molecule has 0 aromatic rings. The normalized spacial score (nSPS) is 38.2. The lowest BCUT2D eigenvalue weighted by atomic mass is 9.66. The molecule has 2 rings (SSSR count). The molecule has 1 nitrogen and oxygen atoms in total. The highest BCUT2D eigenvalue weighted by Gasteiger charge is 2.47. The smallest absolute Gasteiger partial charge is 0.316 e. The summed E-state index contributed by atoms with van der Waals surface area (Å²) < 4.78 is 38.0. The van der Waals surface area contributed by atoms with Crippen molar-refractivity contribution >= 4 is 0 Å². The van der Waals surface area contributed by atoms with Crippen molar-refractivity contribution in [3.05, 3.63) is 0 Å². The number of halogens is 3. The number of hydrogen-bond acceptors (Lipinski definition) is 1. The van der Waals surface area contributed by atoms with E-state index >= 15 is 0 Å². The van der Waals surface area contributed by atoms with Gasteiger partial charge in [0.25, 0.3) is 0 Å². The lowest BCUT2D eigenvalue weighted by Gasteiger charge is -2.44. The van der Waals surface area contributed by atoms with Crippen LogP contribution in [0.25, 0.3) is 0 Å². The zero-order chi connectivity index (χ0) is 10.9. The molecular weight excluding hydrogens is 203 g/mol. The van der Waals surface area contributed by atoms with E-state index < -0.39 is 12.1 Å². The van der Waals surface area contributed by atoms with Gasteiger partial charge in [0.2, 0.25) is 0 Å². The molecule has 1 aliphatic carbocycles. The van der Waals surface area contributed by atoms with Crippen LogP contribution < -0.4 is 5.32 Å². The monoisotopic (exact) mass is 221 g/mol. The van der Waals surface area contributed by atoms with Gasteiger partial charge in [0.05, 0.1) is 5.92 Å². The van der Waals surface area contributed by atoms with Crippen LogP contribution in [0.3, 0.4) is 0 Å². The second kappa shape index (κ2) is 3.96. The molecule has 1 spiro atoms. The highest BCUT2D eigenvalue weighted by Crippen LogP contribution is 2.48. The van der Waals surface area contributed by atoms with E-state index in [4.69, 9.17) is 0 Å². The van der Waals surface area contributed by atoms with Gasteiger partial charge in [-0.2, -0.15) is 13.2 Å². The minimum Gasteiger partial charge on any atom is -0.316 e. The first-order valence-corrected chi connectivity index (χ1v) is 5.79. The standard InChI is InChI=1S/C11H18F3N/c12-11(13,14)9-3-1-4-10(7-9)5-2-6-15-8-10/h9,15H,1-8H2. The van der Waals surface area contributed by atoms with Gasteiger partial charge >= 0.3 is 6.18 Å². The summed E-state index contributed by atoms with van der Waals surface area (Å²) in [5.74, 6) is -1.05. The van der Waals surface area contributed by atoms with E-state index in [1.54, 1.807) is 0 Å². The second-order valence-electron chi connectivity index (χ2n) is 5.12. The Labute approximate surface area is 88.4 Å². The summed E-state index contributed by atoms with van der Waals surface area (Å²) in [7, 11) is 0. The quantitative estimate of drug-likeness (QED) is 0.662. The molecule has 15 heavy (non-hydrogen) atoms. The summed E-state index contributed by atoms with van der Waals surface area (Å²) in [6.07, 6.45) is 0.440. The molecule has 1 aliphatic heterocycles. The van der Waals surface area contributed by atoms with Crippen LogP contribution in [0, 0.1) is 11.3 Å². The number of alkyl halides is 3. The number of rotatable bonds is 0. The molecule has 1 saturated heterocycles. The maximum absolute atomic E-state index is 12.7. The Kier molecular flexibility index (Phi) is 2.97. The Morgan fingerprint density at radius 3 is 2.47 bits per heavy atom. The average Bonchev–Trinajstić information content (AvgIpc) is 2.18. The first kappa shape index (κ1) is 11.2. The summed E-state index contributed by atoms with van der Waals surface area (Å²) in [5.41, 5.74) is -0.0450. The van der Waals surface area contributed by atoms with E-state index in [1.165, 1.54) is 0 Å². The summed E-state index contributed by atoms with van der Waals surface area (Å²) in [6, 6.07) is 0. The molecule has 0 bridgehead atoms. The zero-order valence-electron chi connectivity index (χ0n) is 8.87. The molecule has 0 aromatic carbocycles. The van der Waals surface area contributed by atoms with E-state index in [0.717, 1.165) is 38.8 Å². The third kappa shape index (κ3) is 2.47. The maximum atomic E-state index is 12.7. The predicted octanol–water partition coefficient (Wildman–Crippen LogP) is 3.11. The van der Waals surface area contributed by atoms with Gasteiger partial charge in [-0.3, -0.25) is 0 Å². The number of nitrogens with one attached hydrogen (secondary N) is 1. The van der Waals surface area contributed by atoms with Gasteiger partial charge in [0.15, 0.2) is 0 Å². The summed E-state index contributed by atoms with van der Waals surface area (Å²) >= 11 is 0. The first-order chi connectivity index (χ1) is 7.02. The van der Waals surface area contributed by atoms with Crippen LogP contribution in [-0.4, -0.2) is 19.3 Å². The molecule has 1 N–H and O–H groups in total. The molecule has 1 heterocycles. The molecule has 0 aromatic heterocycles. The lowest BCUT2D eigenvalue weighted by molar-refractivity contribution is -0.193. The Bertz CT molecular complexity index is 213. The van der Waals surface area contributed by atoms with Gasteiger partial charge in [0, 0.05) is 6.54 Å². The van der Waals surface area contributed by atoms with Crippen LogP contribution in [0.4, 0.5) is 13.2 Å². The molecule has 0 amide bonds. The minimum atomic E-state index is -3.98. The summed E-state index contributed by atoms with van der Waals surface area (Å²) in [4.78, 5) is 0. The molecule has 4 heteroatoms. The largest absolute Gasteiger partial charge is 0.391 e. The summed E-state index contributed by atoms with van der Waals surface area (Å²) in [6.45, 7) is 1.76. The van der Waals surface area contributed by atoms with Crippen molar-refractivity contribution in [2.75, 3.05) is 13.1 Å². The van der Waals surface area contributed by atoms with Gasteiger partial charge in [-0.15, -0.1) is 0 Å². The molecule has 2 atom stereocenters. The van der Waals surface area contributed by atoms with E-state index in [-0.39, 0.29) is 5.41 Å². The fourth-order valence-corrected chi connectivity index (χ4v) is 3.15. The lowest BCUT2D eigenvalue weighted by Crippen LogP contribution is -2.45. The maximum Gasteiger partial charge on any atom is 0.391 e. The predicted molar refractivity (Wildman–Crippen MR) is 52.5 cm³/mol. The highest BCUT2D eigenvalue weighted by molar-refractivity contribution is 4.92. The Balaban J connectivity index is 2.02. The second-order valence-corrected chi connectivity index (χ2v) is 5.12. The fraction of sp³-hybridized carbons (Fsp3) is 1.00. The topological polar surface area (TPSA) is 12.0 Å². The van der Waals surface area contributed by atoms with Crippen molar-refractivity contribution < 1.29 is 13.2 Å². The molecule has 1 saturated carbocycles. The van der Waals surface area contributed by atoms with Crippen molar-refractivity contribution in [2.45, 2.75) is 44.7 Å². The van der Waals surface area contributed by atoms with Crippen molar-refractivity contribution in [2.24, 2.45) is 11.3 Å². The van der Waals surface area contributed by atoms with Gasteiger partial charge in [-0.1, -0.05) is 6.42 Å². The number of piperidine rings is 1. The van der Waals surface area contributed by atoms with Gasteiger partial charge < -0.3 is 5.32 Å². The third-order valence-electron chi connectivity index (χ3n) is 3.96. The van der Waals surface area contributed by atoms with E-state index in [2.05, 4.69) is 5.32 Å². The Hall–Kier alpha value is -0.250. The zero-order valence-corrected chi connectivity index (χ0v) is 8.87. The molecule has 2 aliphatic rings. The van der Waals surface area contributed by atoms with Crippen LogP contribution in [0.15, 0.2) is 0 Å². The van der Waals surface area contributed by atoms with E-state index in [1.807, 2.05) is 0 Å². The molecule has 2 fully saturated rings. The van der Waals surface area contributed by atoms with Crippen molar-refractivity contribution in [3.8, 4) is 0 Å². The molecule has 88 valence electrons. The molecular formula is C11H18F3N. The Morgan fingerprint density at radius 2 is 1.87 bits per heavy atom. The van der Waals surface area contributed by atoms with Crippen LogP contribution in [0.1, 0.15) is 38.5 Å². The van der Waals surface area contributed by atoms with Crippen LogP contribution in [-0.2, 0) is 0 Å². The first-order valence-electron chi connectivity index (χ1n) is 5.79. The molecule has 2 unspecified atom stereocenters. The molecule has 0 radical (unpaired) electrons. The van der Waals surface area contributed by atoms with E-state index in [0.29, 0.717) is 12.8 Å². The minimum absolute atomic E-state index is 0.0450. The van der Waals surface area contributed by atoms with Gasteiger partial charge in [0.1, 0.15) is 0 Å². The van der Waals surface area contributed by atoms with Crippen molar-refractivity contribution in [3.63, 3.8) is 0 Å². The number of hydrogen-bond donors (Lipinski definition) is 1. The SMILES string of the molecule is FC(F)(F)C1CCCC2(CCCNC2)C1. The van der Waals surface area contributed by atoms with Gasteiger partial charge in [-0.05, 0) is 44.1 Å². The van der Waals surface area contributed by atoms with Crippen LogP contribution in [0.2, 0.25) is 0 Å². The average molecular weight is 221 g/mol. The Morgan fingerprint density at radius 1 is 1.13 bits per heavy atom. The third-order valence-corrected chi connectivity index (χ3v) is 3.96. The van der Waals surface area contributed by atoms with Crippen molar-refractivity contribution in [1.82, 2.24) is 5.32 Å². The van der Waals surface area contributed by atoms with Gasteiger partial charge in [-0.25, -0.2) is 0 Å². The highest BCUT2D eigenvalue weighted by atomic mass is 19.4. The fourth-order valence-electron chi connectivity index (χ4n) is 3.15. The van der Waals surface area contributed by atoms with Crippen LogP contribution in [0.5, 0.6) is 0 Å². The van der Waals surface area contributed by atoms with E-state index in [9.17, 15) is 13.2 Å². The summed E-state index contributed by atoms with van der Waals surface area (Å²) in [5, 5.41) is 3.25. The van der Waals surface area contributed by atoms with Crippen LogP contribution >= 0.6 is 0 Å².